The SMILES string of the molecule is Cc1ccc(C)c(CC2CCCCCC2O)c1. The van der Waals surface area contributed by atoms with Crippen molar-refractivity contribution in [2.75, 3.05) is 0 Å². The average molecular weight is 232 g/mol. The summed E-state index contributed by atoms with van der Waals surface area (Å²) in [5.41, 5.74) is 4.12. The Kier molecular flexibility index (Phi) is 4.22. The van der Waals surface area contributed by atoms with Crippen LogP contribution >= 0.6 is 0 Å². The first kappa shape index (κ1) is 12.6. The van der Waals surface area contributed by atoms with Crippen molar-refractivity contribution in [3.05, 3.63) is 34.9 Å². The molecule has 1 aliphatic rings. The van der Waals surface area contributed by atoms with Crippen molar-refractivity contribution in [3.8, 4) is 0 Å². The highest BCUT2D eigenvalue weighted by atomic mass is 16.3. The fourth-order valence-electron chi connectivity index (χ4n) is 2.91. The van der Waals surface area contributed by atoms with E-state index in [2.05, 4.69) is 32.0 Å². The molecule has 0 saturated heterocycles. The number of aryl methyl sites for hydroxylation is 2. The van der Waals surface area contributed by atoms with Crippen molar-refractivity contribution >= 4 is 0 Å². The maximum Gasteiger partial charge on any atom is 0.0571 e. The van der Waals surface area contributed by atoms with Crippen molar-refractivity contribution in [1.82, 2.24) is 0 Å². The fourth-order valence-corrected chi connectivity index (χ4v) is 2.91. The molecule has 2 atom stereocenters. The minimum absolute atomic E-state index is 0.0857. The summed E-state index contributed by atoms with van der Waals surface area (Å²) in [6.45, 7) is 4.32. The quantitative estimate of drug-likeness (QED) is 0.769. The number of hydrogen-bond acceptors (Lipinski definition) is 1. The molecule has 0 bridgehead atoms. The molecule has 2 rings (SSSR count). The highest BCUT2D eigenvalue weighted by molar-refractivity contribution is 5.30. The Labute approximate surface area is 105 Å². The van der Waals surface area contributed by atoms with Crippen LogP contribution in [-0.2, 0) is 6.42 Å². The molecule has 0 aromatic heterocycles. The number of benzene rings is 1. The molecule has 1 N–H and O–H groups in total. The van der Waals surface area contributed by atoms with E-state index >= 15 is 0 Å². The van der Waals surface area contributed by atoms with Gasteiger partial charge >= 0.3 is 0 Å². The van der Waals surface area contributed by atoms with Crippen molar-refractivity contribution in [1.29, 1.82) is 0 Å². The summed E-state index contributed by atoms with van der Waals surface area (Å²) in [6, 6.07) is 6.66. The van der Waals surface area contributed by atoms with E-state index in [0.717, 1.165) is 12.8 Å². The summed E-state index contributed by atoms with van der Waals surface area (Å²) >= 11 is 0. The van der Waals surface area contributed by atoms with Gasteiger partial charge in [0.15, 0.2) is 0 Å². The maximum atomic E-state index is 10.2. The van der Waals surface area contributed by atoms with E-state index in [4.69, 9.17) is 0 Å². The van der Waals surface area contributed by atoms with Crippen LogP contribution in [0.15, 0.2) is 18.2 Å². The molecule has 1 aromatic carbocycles. The van der Waals surface area contributed by atoms with E-state index in [0.29, 0.717) is 5.92 Å². The predicted octanol–water partition coefficient (Wildman–Crippen LogP) is 3.79. The van der Waals surface area contributed by atoms with Crippen LogP contribution in [0, 0.1) is 19.8 Å². The number of rotatable bonds is 2. The first-order valence-electron chi connectivity index (χ1n) is 6.91. The summed E-state index contributed by atoms with van der Waals surface area (Å²) in [5.74, 6) is 0.470. The van der Waals surface area contributed by atoms with Crippen LogP contribution in [0.1, 0.15) is 48.8 Å². The smallest absolute Gasteiger partial charge is 0.0571 e. The van der Waals surface area contributed by atoms with Gasteiger partial charge in [-0.25, -0.2) is 0 Å². The molecule has 0 aliphatic heterocycles. The molecule has 2 unspecified atom stereocenters. The van der Waals surface area contributed by atoms with Gasteiger partial charge in [-0.3, -0.25) is 0 Å². The Hall–Kier alpha value is -0.820. The Morgan fingerprint density at radius 1 is 1.12 bits per heavy atom. The average Bonchev–Trinajstić information content (AvgIpc) is 2.50. The second-order valence-corrected chi connectivity index (χ2v) is 5.60. The fraction of sp³-hybridized carbons (Fsp3) is 0.625. The molecule has 1 nitrogen and oxygen atoms in total. The van der Waals surface area contributed by atoms with E-state index in [1.807, 2.05) is 0 Å². The van der Waals surface area contributed by atoms with Crippen molar-refractivity contribution in [2.24, 2.45) is 5.92 Å². The van der Waals surface area contributed by atoms with Crippen LogP contribution in [0.5, 0.6) is 0 Å². The first-order valence-corrected chi connectivity index (χ1v) is 6.91. The Balaban J connectivity index is 2.10. The number of aliphatic hydroxyl groups is 1. The van der Waals surface area contributed by atoms with E-state index in [1.54, 1.807) is 0 Å². The molecule has 1 saturated carbocycles. The van der Waals surface area contributed by atoms with Gasteiger partial charge in [0, 0.05) is 0 Å². The lowest BCUT2D eigenvalue weighted by Crippen LogP contribution is -2.21. The molecule has 1 heteroatoms. The Bertz CT molecular complexity index is 370. The zero-order valence-corrected chi connectivity index (χ0v) is 11.1. The van der Waals surface area contributed by atoms with Gasteiger partial charge in [0.25, 0.3) is 0 Å². The van der Waals surface area contributed by atoms with Gasteiger partial charge in [0.2, 0.25) is 0 Å². The zero-order chi connectivity index (χ0) is 12.3. The molecular weight excluding hydrogens is 208 g/mol. The monoisotopic (exact) mass is 232 g/mol. The number of hydrogen-bond donors (Lipinski definition) is 1. The molecule has 1 aliphatic carbocycles. The molecule has 0 spiro atoms. The maximum absolute atomic E-state index is 10.2. The molecule has 0 amide bonds. The van der Waals surface area contributed by atoms with Crippen LogP contribution < -0.4 is 0 Å². The molecule has 1 aromatic rings. The lowest BCUT2D eigenvalue weighted by atomic mass is 9.88. The molecule has 94 valence electrons. The minimum Gasteiger partial charge on any atom is -0.393 e. The Morgan fingerprint density at radius 3 is 2.71 bits per heavy atom. The van der Waals surface area contributed by atoms with Gasteiger partial charge in [-0.2, -0.15) is 0 Å². The minimum atomic E-state index is -0.0857. The Morgan fingerprint density at radius 2 is 1.88 bits per heavy atom. The van der Waals surface area contributed by atoms with E-state index in [9.17, 15) is 5.11 Å². The van der Waals surface area contributed by atoms with E-state index in [-0.39, 0.29) is 6.10 Å². The summed E-state index contributed by atoms with van der Waals surface area (Å²) in [6.07, 6.45) is 6.92. The lowest BCUT2D eigenvalue weighted by molar-refractivity contribution is 0.101. The van der Waals surface area contributed by atoms with Gasteiger partial charge in [-0.15, -0.1) is 0 Å². The van der Waals surface area contributed by atoms with Crippen LogP contribution in [0.2, 0.25) is 0 Å². The normalized spacial score (nSPS) is 25.6. The van der Waals surface area contributed by atoms with Crippen molar-refractivity contribution < 1.29 is 5.11 Å². The van der Waals surface area contributed by atoms with Gasteiger partial charge in [-0.1, -0.05) is 43.0 Å². The third-order valence-corrected chi connectivity index (χ3v) is 4.11. The predicted molar refractivity (Wildman–Crippen MR) is 72.2 cm³/mol. The summed E-state index contributed by atoms with van der Waals surface area (Å²) in [4.78, 5) is 0. The highest BCUT2D eigenvalue weighted by Crippen LogP contribution is 2.27. The number of aliphatic hydroxyl groups excluding tert-OH is 1. The molecular formula is C16H24O. The van der Waals surface area contributed by atoms with E-state index in [1.165, 1.54) is 42.4 Å². The highest BCUT2D eigenvalue weighted by Gasteiger charge is 2.22. The van der Waals surface area contributed by atoms with Gasteiger partial charge < -0.3 is 5.11 Å². The molecule has 1 fully saturated rings. The first-order chi connectivity index (χ1) is 8.16. The third kappa shape index (κ3) is 3.32. The van der Waals surface area contributed by atoms with E-state index < -0.39 is 0 Å². The summed E-state index contributed by atoms with van der Waals surface area (Å²) in [7, 11) is 0. The van der Waals surface area contributed by atoms with Crippen LogP contribution in [0.4, 0.5) is 0 Å². The van der Waals surface area contributed by atoms with Gasteiger partial charge in [0.1, 0.15) is 0 Å². The second-order valence-electron chi connectivity index (χ2n) is 5.60. The third-order valence-electron chi connectivity index (χ3n) is 4.11. The second kappa shape index (κ2) is 5.68. The molecule has 0 heterocycles. The summed E-state index contributed by atoms with van der Waals surface area (Å²) < 4.78 is 0. The van der Waals surface area contributed by atoms with Crippen LogP contribution in [0.3, 0.4) is 0 Å². The van der Waals surface area contributed by atoms with Crippen molar-refractivity contribution in [3.63, 3.8) is 0 Å². The topological polar surface area (TPSA) is 20.2 Å². The lowest BCUT2D eigenvalue weighted by Gasteiger charge is -2.21. The van der Waals surface area contributed by atoms with Gasteiger partial charge in [0.05, 0.1) is 6.10 Å². The standard InChI is InChI=1S/C16H24O/c1-12-8-9-13(2)15(10-12)11-14-6-4-3-5-7-16(14)17/h8-10,14,16-17H,3-7,11H2,1-2H3. The largest absolute Gasteiger partial charge is 0.393 e. The van der Waals surface area contributed by atoms with Gasteiger partial charge in [-0.05, 0) is 50.2 Å². The van der Waals surface area contributed by atoms with Crippen molar-refractivity contribution in [2.45, 2.75) is 58.5 Å². The van der Waals surface area contributed by atoms with Crippen LogP contribution in [-0.4, -0.2) is 11.2 Å². The zero-order valence-electron chi connectivity index (χ0n) is 11.1. The summed E-state index contributed by atoms with van der Waals surface area (Å²) in [5, 5.41) is 10.2. The molecule has 0 radical (unpaired) electrons. The van der Waals surface area contributed by atoms with Crippen LogP contribution in [0.25, 0.3) is 0 Å². The molecule has 17 heavy (non-hydrogen) atoms.